The first kappa shape index (κ1) is 25.5. The van der Waals surface area contributed by atoms with Crippen LogP contribution in [-0.4, -0.2) is 67.4 Å². The van der Waals surface area contributed by atoms with Crippen LogP contribution in [0.15, 0.2) is 0 Å². The maximum absolute atomic E-state index is 13.9. The molecule has 0 bridgehead atoms. The summed E-state index contributed by atoms with van der Waals surface area (Å²) in [5, 5.41) is 6.18. The van der Waals surface area contributed by atoms with Gasteiger partial charge < -0.3 is 15.5 Å². The zero-order valence-corrected chi connectivity index (χ0v) is 22.0. The number of imide groups is 1. The van der Waals surface area contributed by atoms with Gasteiger partial charge in [0.05, 0.1) is 0 Å². The lowest BCUT2D eigenvalue weighted by molar-refractivity contribution is -0.145. The van der Waals surface area contributed by atoms with Crippen molar-refractivity contribution in [3.8, 4) is 0 Å². The van der Waals surface area contributed by atoms with Crippen LogP contribution in [0.3, 0.4) is 0 Å². The SMILES string of the molecule is CCNC(=O)N(CCCN(C)C)C(=O)[C@H]1CC[C@H]2[C@@H]3CC[C@H]4NC(=O)CC[C@]4(C)[C@H]3CC[C@]12C. The van der Waals surface area contributed by atoms with Gasteiger partial charge in [-0.25, -0.2) is 4.79 Å². The van der Waals surface area contributed by atoms with Crippen molar-refractivity contribution in [2.45, 2.75) is 84.6 Å². The van der Waals surface area contributed by atoms with Crippen LogP contribution in [-0.2, 0) is 9.59 Å². The third-order valence-corrected chi connectivity index (χ3v) is 10.2. The molecule has 192 valence electrons. The third-order valence-electron chi connectivity index (χ3n) is 10.2. The minimum atomic E-state index is -0.238. The highest BCUT2D eigenvalue weighted by Crippen LogP contribution is 2.65. The van der Waals surface area contributed by atoms with E-state index in [4.69, 9.17) is 0 Å². The second-order valence-corrected chi connectivity index (χ2v) is 12.2. The summed E-state index contributed by atoms with van der Waals surface area (Å²) in [5.74, 6) is 1.97. The van der Waals surface area contributed by atoms with E-state index in [0.717, 1.165) is 57.9 Å². The van der Waals surface area contributed by atoms with Crippen LogP contribution >= 0.6 is 0 Å². The molecular weight excluding hydrogens is 428 g/mol. The number of urea groups is 1. The Kier molecular flexibility index (Phi) is 7.33. The van der Waals surface area contributed by atoms with Gasteiger partial charge in [-0.05, 0) is 108 Å². The summed E-state index contributed by atoms with van der Waals surface area (Å²) in [4.78, 5) is 42.4. The van der Waals surface area contributed by atoms with Gasteiger partial charge in [0, 0.05) is 31.5 Å². The summed E-state index contributed by atoms with van der Waals surface area (Å²) in [7, 11) is 4.04. The molecule has 1 heterocycles. The van der Waals surface area contributed by atoms with Crippen LogP contribution in [0, 0.1) is 34.5 Å². The molecule has 4 fully saturated rings. The maximum Gasteiger partial charge on any atom is 0.324 e. The molecule has 0 radical (unpaired) electrons. The molecule has 7 atom stereocenters. The average molecular weight is 475 g/mol. The van der Waals surface area contributed by atoms with Crippen molar-refractivity contribution in [2.75, 3.05) is 33.7 Å². The molecule has 7 nitrogen and oxygen atoms in total. The first-order valence-corrected chi connectivity index (χ1v) is 13.6. The number of nitrogens with zero attached hydrogens (tertiary/aromatic N) is 2. The van der Waals surface area contributed by atoms with Crippen LogP contribution in [0.4, 0.5) is 4.79 Å². The predicted octanol–water partition coefficient (Wildman–Crippen LogP) is 3.63. The molecule has 0 unspecified atom stereocenters. The Morgan fingerprint density at radius 2 is 1.74 bits per heavy atom. The van der Waals surface area contributed by atoms with E-state index >= 15 is 0 Å². The fourth-order valence-corrected chi connectivity index (χ4v) is 8.40. The van der Waals surface area contributed by atoms with Gasteiger partial charge in [0.15, 0.2) is 0 Å². The molecular formula is C27H46N4O3. The first-order chi connectivity index (χ1) is 16.1. The molecule has 4 amide bonds. The summed E-state index contributed by atoms with van der Waals surface area (Å²) in [5.41, 5.74) is 0.144. The topological polar surface area (TPSA) is 81.8 Å². The second kappa shape index (κ2) is 9.79. The van der Waals surface area contributed by atoms with E-state index in [1.165, 1.54) is 4.90 Å². The molecule has 0 spiro atoms. The number of hydrogen-bond donors (Lipinski definition) is 2. The van der Waals surface area contributed by atoms with E-state index in [2.05, 4.69) is 29.4 Å². The molecule has 3 aliphatic carbocycles. The highest BCUT2D eigenvalue weighted by Gasteiger charge is 2.61. The molecule has 4 rings (SSSR count). The first-order valence-electron chi connectivity index (χ1n) is 13.6. The molecule has 0 aromatic rings. The normalized spacial score (nSPS) is 39.0. The standard InChI is InChI=1S/C27H46N4O3/c1-6-28-25(34)31(17-7-16-30(4)5)24(33)21-10-9-19-18-8-11-22-27(3,15-13-23(32)29-22)20(18)12-14-26(19,21)2/h18-22H,6-17H2,1-5H3,(H,28,34)(H,29,32)/t18-,19-,20-,21+,22+,26-,27+/m0/s1. The van der Waals surface area contributed by atoms with E-state index in [0.29, 0.717) is 43.3 Å². The quantitative estimate of drug-likeness (QED) is 0.616. The van der Waals surface area contributed by atoms with E-state index in [-0.39, 0.29) is 34.6 Å². The van der Waals surface area contributed by atoms with E-state index in [9.17, 15) is 14.4 Å². The molecule has 4 aliphatic rings. The summed E-state index contributed by atoms with van der Waals surface area (Å²) >= 11 is 0. The number of carbonyl (C=O) groups excluding carboxylic acids is 3. The number of hydrogen-bond acceptors (Lipinski definition) is 4. The third kappa shape index (κ3) is 4.38. The van der Waals surface area contributed by atoms with E-state index in [1.54, 1.807) is 0 Å². The van der Waals surface area contributed by atoms with E-state index in [1.807, 2.05) is 21.0 Å². The van der Waals surface area contributed by atoms with Gasteiger partial charge in [-0.1, -0.05) is 13.8 Å². The Morgan fingerprint density at radius 3 is 2.44 bits per heavy atom. The predicted molar refractivity (Wildman–Crippen MR) is 133 cm³/mol. The Balaban J connectivity index is 1.51. The zero-order chi connectivity index (χ0) is 24.7. The minimum absolute atomic E-state index is 0.0361. The van der Waals surface area contributed by atoms with Crippen LogP contribution < -0.4 is 10.6 Å². The second-order valence-electron chi connectivity index (χ2n) is 12.2. The lowest BCUT2D eigenvalue weighted by atomic mass is 9.47. The molecule has 1 saturated heterocycles. The summed E-state index contributed by atoms with van der Waals surface area (Å²) < 4.78 is 0. The fourth-order valence-electron chi connectivity index (χ4n) is 8.40. The molecule has 0 aromatic carbocycles. The van der Waals surface area contributed by atoms with Crippen LogP contribution in [0.2, 0.25) is 0 Å². The molecule has 3 saturated carbocycles. The molecule has 0 aromatic heterocycles. The van der Waals surface area contributed by atoms with Gasteiger partial charge >= 0.3 is 6.03 Å². The number of nitrogens with one attached hydrogen (secondary N) is 2. The number of fused-ring (bicyclic) bond motifs is 5. The maximum atomic E-state index is 13.9. The van der Waals surface area contributed by atoms with Crippen molar-refractivity contribution >= 4 is 17.8 Å². The van der Waals surface area contributed by atoms with Crippen molar-refractivity contribution in [2.24, 2.45) is 34.5 Å². The van der Waals surface area contributed by atoms with Crippen molar-refractivity contribution < 1.29 is 14.4 Å². The Morgan fingerprint density at radius 1 is 1.00 bits per heavy atom. The Labute approximate surface area is 205 Å². The number of carbonyl (C=O) groups is 3. The minimum Gasteiger partial charge on any atom is -0.353 e. The number of amides is 4. The average Bonchev–Trinajstić information content (AvgIpc) is 3.14. The molecule has 7 heteroatoms. The lowest BCUT2D eigenvalue weighted by Gasteiger charge is -2.60. The summed E-state index contributed by atoms with van der Waals surface area (Å²) in [6.45, 7) is 8.52. The Bertz CT molecular complexity index is 801. The molecule has 1 aliphatic heterocycles. The van der Waals surface area contributed by atoms with Crippen LogP contribution in [0.1, 0.15) is 78.6 Å². The Hall–Kier alpha value is -1.63. The number of rotatable bonds is 6. The van der Waals surface area contributed by atoms with Crippen LogP contribution in [0.25, 0.3) is 0 Å². The van der Waals surface area contributed by atoms with Crippen molar-refractivity contribution in [1.29, 1.82) is 0 Å². The van der Waals surface area contributed by atoms with Crippen molar-refractivity contribution in [3.05, 3.63) is 0 Å². The molecule has 34 heavy (non-hydrogen) atoms. The van der Waals surface area contributed by atoms with Gasteiger partial charge in [-0.15, -0.1) is 0 Å². The van der Waals surface area contributed by atoms with Gasteiger partial charge in [-0.3, -0.25) is 14.5 Å². The largest absolute Gasteiger partial charge is 0.353 e. The number of piperidine rings is 1. The van der Waals surface area contributed by atoms with E-state index < -0.39 is 0 Å². The summed E-state index contributed by atoms with van der Waals surface area (Å²) in [6, 6.07) is 0.0704. The smallest absolute Gasteiger partial charge is 0.324 e. The van der Waals surface area contributed by atoms with Crippen molar-refractivity contribution in [1.82, 2.24) is 20.4 Å². The van der Waals surface area contributed by atoms with Gasteiger partial charge in [0.1, 0.15) is 0 Å². The zero-order valence-electron chi connectivity index (χ0n) is 22.0. The summed E-state index contributed by atoms with van der Waals surface area (Å²) in [6.07, 6.45) is 8.80. The highest BCUT2D eigenvalue weighted by atomic mass is 16.2. The van der Waals surface area contributed by atoms with Crippen LogP contribution in [0.5, 0.6) is 0 Å². The van der Waals surface area contributed by atoms with Gasteiger partial charge in [0.2, 0.25) is 11.8 Å². The van der Waals surface area contributed by atoms with Crippen molar-refractivity contribution in [3.63, 3.8) is 0 Å². The van der Waals surface area contributed by atoms with Gasteiger partial charge in [-0.2, -0.15) is 0 Å². The highest BCUT2D eigenvalue weighted by molar-refractivity contribution is 5.96. The molecule has 2 N–H and O–H groups in total. The van der Waals surface area contributed by atoms with Gasteiger partial charge in [0.25, 0.3) is 0 Å². The fraction of sp³-hybridized carbons (Fsp3) is 0.889. The lowest BCUT2D eigenvalue weighted by Crippen LogP contribution is -2.61. The monoisotopic (exact) mass is 474 g/mol.